The van der Waals surface area contributed by atoms with Crippen LogP contribution < -0.4 is 10.6 Å². The molecule has 8 heteroatoms. The van der Waals surface area contributed by atoms with E-state index in [0.717, 1.165) is 10.9 Å². The van der Waals surface area contributed by atoms with Crippen LogP contribution in [0.25, 0.3) is 0 Å². The minimum Gasteiger partial charge on any atom is -0.392 e. The van der Waals surface area contributed by atoms with Crippen molar-refractivity contribution in [2.75, 3.05) is 11.9 Å². The molecule has 5 atom stereocenters. The number of nitrogens with zero attached hydrogens (tertiary/aromatic N) is 1. The zero-order valence-corrected chi connectivity index (χ0v) is 16.7. The summed E-state index contributed by atoms with van der Waals surface area (Å²) in [5.41, 5.74) is -0.0921. The molecule has 2 saturated heterocycles. The second kappa shape index (κ2) is 6.39. The number of halogens is 1. The van der Waals surface area contributed by atoms with Gasteiger partial charge in [0.05, 0.1) is 17.9 Å². The summed E-state index contributed by atoms with van der Waals surface area (Å²) in [6.45, 7) is 3.91. The highest BCUT2D eigenvalue weighted by Gasteiger charge is 2.70. The van der Waals surface area contributed by atoms with Gasteiger partial charge in [-0.2, -0.15) is 0 Å². The fourth-order valence-corrected chi connectivity index (χ4v) is 5.08. The molecule has 3 aliphatic rings. The predicted molar refractivity (Wildman–Crippen MR) is 102 cm³/mol. The van der Waals surface area contributed by atoms with E-state index >= 15 is 0 Å². The van der Waals surface area contributed by atoms with Crippen LogP contribution in [0.15, 0.2) is 22.7 Å². The van der Waals surface area contributed by atoms with E-state index in [1.54, 1.807) is 19.1 Å². The number of anilines is 1. The number of hydrogen-bond donors (Lipinski definition) is 3. The van der Waals surface area contributed by atoms with Gasteiger partial charge in [0.1, 0.15) is 5.54 Å². The molecule has 144 valence electrons. The van der Waals surface area contributed by atoms with Gasteiger partial charge in [-0.05, 0) is 31.5 Å². The zero-order chi connectivity index (χ0) is 19.5. The van der Waals surface area contributed by atoms with Gasteiger partial charge in [-0.15, -0.1) is 0 Å². The smallest absolute Gasteiger partial charge is 0.250 e. The second-order valence-electron chi connectivity index (χ2n) is 7.55. The first-order valence-corrected chi connectivity index (χ1v) is 10.0. The van der Waals surface area contributed by atoms with Crippen LogP contribution in [0.4, 0.5) is 5.69 Å². The van der Waals surface area contributed by atoms with Gasteiger partial charge in [0, 0.05) is 28.3 Å². The fourth-order valence-electron chi connectivity index (χ4n) is 4.71. The highest BCUT2D eigenvalue weighted by molar-refractivity contribution is 9.10. The van der Waals surface area contributed by atoms with Crippen molar-refractivity contribution in [2.45, 2.75) is 44.4 Å². The van der Waals surface area contributed by atoms with E-state index in [9.17, 15) is 19.5 Å². The van der Waals surface area contributed by atoms with E-state index in [1.807, 2.05) is 13.0 Å². The zero-order valence-electron chi connectivity index (χ0n) is 15.2. The molecule has 3 amide bonds. The predicted octanol–water partition coefficient (Wildman–Crippen LogP) is 1.35. The summed E-state index contributed by atoms with van der Waals surface area (Å²) < 4.78 is 0.774. The summed E-state index contributed by atoms with van der Waals surface area (Å²) >= 11 is 3.43. The van der Waals surface area contributed by atoms with Crippen molar-refractivity contribution >= 4 is 39.3 Å². The molecule has 7 nitrogen and oxygen atoms in total. The molecule has 1 spiro atoms. The molecule has 2 fully saturated rings. The summed E-state index contributed by atoms with van der Waals surface area (Å²) in [5.74, 6) is -2.61. The minimum atomic E-state index is -1.35. The molecule has 4 rings (SSSR count). The Morgan fingerprint density at radius 2 is 2.04 bits per heavy atom. The van der Waals surface area contributed by atoms with E-state index in [2.05, 4.69) is 26.6 Å². The first kappa shape index (κ1) is 18.6. The Balaban J connectivity index is 1.86. The summed E-state index contributed by atoms with van der Waals surface area (Å²) in [7, 11) is 0. The Labute approximate surface area is 165 Å². The molecule has 1 aromatic carbocycles. The molecule has 0 aromatic heterocycles. The number of carbonyl (C=O) groups is 3. The lowest BCUT2D eigenvalue weighted by molar-refractivity contribution is -0.143. The summed E-state index contributed by atoms with van der Waals surface area (Å²) in [6.07, 6.45) is 0.681. The van der Waals surface area contributed by atoms with Gasteiger partial charge in [-0.1, -0.05) is 29.3 Å². The van der Waals surface area contributed by atoms with E-state index in [0.29, 0.717) is 24.2 Å². The topological polar surface area (TPSA) is 98.7 Å². The van der Waals surface area contributed by atoms with Gasteiger partial charge in [0.2, 0.25) is 17.7 Å². The second-order valence-corrected chi connectivity index (χ2v) is 8.46. The van der Waals surface area contributed by atoms with E-state index in [4.69, 9.17) is 0 Å². The van der Waals surface area contributed by atoms with Crippen molar-refractivity contribution < 1.29 is 19.5 Å². The molecule has 3 heterocycles. The third kappa shape index (κ3) is 2.43. The third-order valence-electron chi connectivity index (χ3n) is 5.96. The van der Waals surface area contributed by atoms with Crippen LogP contribution in [0, 0.1) is 11.8 Å². The van der Waals surface area contributed by atoms with Crippen molar-refractivity contribution in [3.8, 4) is 0 Å². The summed E-state index contributed by atoms with van der Waals surface area (Å²) in [6, 6.07) is 4.71. The monoisotopic (exact) mass is 435 g/mol. The maximum absolute atomic E-state index is 13.3. The van der Waals surface area contributed by atoms with Crippen LogP contribution in [-0.2, 0) is 19.9 Å². The van der Waals surface area contributed by atoms with Crippen LogP contribution in [0.5, 0.6) is 0 Å². The Morgan fingerprint density at radius 1 is 1.30 bits per heavy atom. The number of rotatable bonds is 4. The van der Waals surface area contributed by atoms with E-state index < -0.39 is 29.5 Å². The van der Waals surface area contributed by atoms with Crippen LogP contribution in [-0.4, -0.2) is 46.4 Å². The molecular formula is C19H22BrN3O4. The average Bonchev–Trinajstić information content (AvgIpc) is 3.20. The molecule has 3 aliphatic heterocycles. The first-order chi connectivity index (χ1) is 12.8. The number of benzene rings is 1. The number of nitrogens with one attached hydrogen (secondary N) is 2. The normalized spacial score (nSPS) is 32.8. The van der Waals surface area contributed by atoms with E-state index in [1.165, 1.54) is 4.90 Å². The van der Waals surface area contributed by atoms with Gasteiger partial charge in [0.15, 0.2) is 0 Å². The largest absolute Gasteiger partial charge is 0.392 e. The maximum atomic E-state index is 13.3. The standard InChI is InChI=1S/C19H22BrN3O4/c1-3-4-7-23-16(25)13-14(17(23)26)19(22-15(13)9(2)24)11-8-10(20)5-6-12(11)21-18(19)27/h5-6,8-9,13-15,22,24H,3-4,7H2,1-2H3,(H,21,27)/t9?,13-,14-,15?,19?/m1/s1. The van der Waals surface area contributed by atoms with Gasteiger partial charge in [-0.25, -0.2) is 0 Å². The Hall–Kier alpha value is -1.77. The van der Waals surface area contributed by atoms with Crippen LogP contribution in [0.2, 0.25) is 0 Å². The molecule has 0 saturated carbocycles. The number of unbranched alkanes of at least 4 members (excludes halogenated alkanes) is 1. The molecule has 0 bridgehead atoms. The Morgan fingerprint density at radius 3 is 2.70 bits per heavy atom. The van der Waals surface area contributed by atoms with Gasteiger partial charge in [-0.3, -0.25) is 24.6 Å². The number of carbonyl (C=O) groups excluding carboxylic acids is 3. The van der Waals surface area contributed by atoms with Crippen molar-refractivity contribution in [2.24, 2.45) is 11.8 Å². The highest BCUT2D eigenvalue weighted by atomic mass is 79.9. The molecule has 3 N–H and O–H groups in total. The highest BCUT2D eigenvalue weighted by Crippen LogP contribution is 2.53. The minimum absolute atomic E-state index is 0.301. The van der Waals surface area contributed by atoms with Crippen molar-refractivity contribution in [3.05, 3.63) is 28.2 Å². The number of imide groups is 1. The van der Waals surface area contributed by atoms with Crippen molar-refractivity contribution in [3.63, 3.8) is 0 Å². The number of fused-ring (bicyclic) bond motifs is 4. The number of likely N-dealkylation sites (tertiary alicyclic amines) is 1. The van der Waals surface area contributed by atoms with Gasteiger partial charge < -0.3 is 10.4 Å². The lowest BCUT2D eigenvalue weighted by Gasteiger charge is -2.30. The summed E-state index contributed by atoms with van der Waals surface area (Å²) in [4.78, 5) is 40.7. The number of hydrogen-bond acceptors (Lipinski definition) is 5. The SMILES string of the molecule is CCCCN1C(=O)[C@H]2C(C(C)O)NC3(C(=O)Nc4ccc(Br)cc43)[C@H]2C1=O. The molecule has 1 aromatic rings. The Bertz CT molecular complexity index is 842. The Kier molecular flexibility index (Phi) is 4.40. The summed E-state index contributed by atoms with van der Waals surface area (Å²) in [5, 5.41) is 16.3. The quantitative estimate of drug-likeness (QED) is 0.619. The van der Waals surface area contributed by atoms with Crippen LogP contribution >= 0.6 is 15.9 Å². The molecule has 0 aliphatic carbocycles. The lowest BCUT2D eigenvalue weighted by atomic mass is 9.76. The van der Waals surface area contributed by atoms with Crippen molar-refractivity contribution in [1.29, 1.82) is 0 Å². The molecule has 3 unspecified atom stereocenters. The third-order valence-corrected chi connectivity index (χ3v) is 6.45. The molecular weight excluding hydrogens is 414 g/mol. The molecule has 27 heavy (non-hydrogen) atoms. The number of aliphatic hydroxyl groups excluding tert-OH is 1. The number of aliphatic hydroxyl groups is 1. The maximum Gasteiger partial charge on any atom is 0.250 e. The number of amides is 3. The lowest BCUT2D eigenvalue weighted by Crippen LogP contribution is -2.54. The van der Waals surface area contributed by atoms with Gasteiger partial charge >= 0.3 is 0 Å². The first-order valence-electron chi connectivity index (χ1n) is 9.25. The average molecular weight is 436 g/mol. The van der Waals surface area contributed by atoms with Crippen LogP contribution in [0.3, 0.4) is 0 Å². The van der Waals surface area contributed by atoms with Crippen molar-refractivity contribution in [1.82, 2.24) is 10.2 Å². The van der Waals surface area contributed by atoms with E-state index in [-0.39, 0.29) is 17.7 Å². The van der Waals surface area contributed by atoms with Crippen LogP contribution in [0.1, 0.15) is 32.3 Å². The van der Waals surface area contributed by atoms with Gasteiger partial charge in [0.25, 0.3) is 0 Å². The fraction of sp³-hybridized carbons (Fsp3) is 0.526. The molecule has 0 radical (unpaired) electrons.